The number of alkyl halides is 2. The number of aryl methyl sites for hydroxylation is 2. The quantitative estimate of drug-likeness (QED) is 0.378. The summed E-state index contributed by atoms with van der Waals surface area (Å²) in [6.07, 6.45) is 2.83. The second-order valence-electron chi connectivity index (χ2n) is 9.39. The lowest BCUT2D eigenvalue weighted by Gasteiger charge is -2.42. The van der Waals surface area contributed by atoms with Crippen molar-refractivity contribution in [2.75, 3.05) is 26.2 Å². The Labute approximate surface area is 212 Å². The van der Waals surface area contributed by atoms with Gasteiger partial charge >= 0.3 is 0 Å². The molecule has 0 radical (unpaired) electrons. The van der Waals surface area contributed by atoms with Crippen LogP contribution in [0.25, 0.3) is 16.6 Å². The van der Waals surface area contributed by atoms with Gasteiger partial charge in [-0.05, 0) is 54.4 Å². The molecule has 2 aromatic heterocycles. The van der Waals surface area contributed by atoms with E-state index < -0.39 is 28.5 Å². The lowest BCUT2D eigenvalue weighted by Crippen LogP contribution is -2.52. The molecule has 0 saturated carbocycles. The summed E-state index contributed by atoms with van der Waals surface area (Å²) < 4.78 is 71.1. The highest BCUT2D eigenvalue weighted by Crippen LogP contribution is 2.34. The van der Waals surface area contributed by atoms with Crippen molar-refractivity contribution in [2.45, 2.75) is 30.8 Å². The molecule has 0 bridgehead atoms. The van der Waals surface area contributed by atoms with Crippen LogP contribution in [0.15, 0.2) is 53.8 Å². The third kappa shape index (κ3) is 4.98. The molecule has 2 aromatic carbocycles. The fourth-order valence-corrected chi connectivity index (χ4v) is 6.10. The van der Waals surface area contributed by atoms with Crippen molar-refractivity contribution in [1.82, 2.24) is 34.0 Å². The molecular formula is C24H26F3N7O2S. The van der Waals surface area contributed by atoms with Crippen LogP contribution in [0.4, 0.5) is 13.2 Å². The molecule has 37 heavy (non-hydrogen) atoms. The minimum absolute atomic E-state index is 0.0204. The first-order valence-electron chi connectivity index (χ1n) is 11.6. The van der Waals surface area contributed by atoms with E-state index in [0.29, 0.717) is 5.69 Å². The van der Waals surface area contributed by atoms with Gasteiger partial charge in [0.1, 0.15) is 5.82 Å². The molecule has 1 unspecified atom stereocenters. The number of hydrogen-bond acceptors (Lipinski definition) is 6. The highest BCUT2D eigenvalue weighted by Gasteiger charge is 2.39. The van der Waals surface area contributed by atoms with Gasteiger partial charge in [0.2, 0.25) is 5.03 Å². The average molecular weight is 534 g/mol. The number of sulfonamides is 1. The Morgan fingerprint density at radius 3 is 2.46 bits per heavy atom. The largest absolute Gasteiger partial charge is 0.288 e. The fourth-order valence-electron chi connectivity index (χ4n) is 4.78. The number of benzene rings is 2. The Balaban J connectivity index is 1.54. The summed E-state index contributed by atoms with van der Waals surface area (Å²) in [6, 6.07) is 9.06. The van der Waals surface area contributed by atoms with E-state index in [-0.39, 0.29) is 30.5 Å². The van der Waals surface area contributed by atoms with Crippen molar-refractivity contribution in [3.05, 3.63) is 65.7 Å². The van der Waals surface area contributed by atoms with E-state index in [1.807, 2.05) is 19.1 Å². The first kappa shape index (κ1) is 25.4. The third-order valence-corrected chi connectivity index (χ3v) is 8.23. The molecule has 4 aromatic rings. The summed E-state index contributed by atoms with van der Waals surface area (Å²) in [7, 11) is -2.44. The van der Waals surface area contributed by atoms with Crippen LogP contribution >= 0.6 is 0 Å². The molecule has 1 aliphatic heterocycles. The van der Waals surface area contributed by atoms with E-state index in [0.717, 1.165) is 33.8 Å². The van der Waals surface area contributed by atoms with E-state index in [1.54, 1.807) is 27.9 Å². The van der Waals surface area contributed by atoms with E-state index in [2.05, 4.69) is 15.3 Å². The zero-order chi connectivity index (χ0) is 26.5. The predicted octanol–water partition coefficient (Wildman–Crippen LogP) is 3.30. The van der Waals surface area contributed by atoms with E-state index in [4.69, 9.17) is 0 Å². The van der Waals surface area contributed by atoms with Crippen LogP contribution in [-0.2, 0) is 17.1 Å². The summed E-state index contributed by atoms with van der Waals surface area (Å²) in [4.78, 5) is 2.79. The normalized spacial score (nSPS) is 18.1. The Morgan fingerprint density at radius 1 is 1.08 bits per heavy atom. The van der Waals surface area contributed by atoms with Gasteiger partial charge in [-0.1, -0.05) is 0 Å². The molecule has 1 aliphatic rings. The van der Waals surface area contributed by atoms with E-state index in [9.17, 15) is 21.6 Å². The van der Waals surface area contributed by atoms with Crippen LogP contribution in [0.1, 0.15) is 24.1 Å². The Morgan fingerprint density at radius 2 is 1.81 bits per heavy atom. The standard InChI is InChI=1S/C24H26F3N7O2S/c1-16-10-21-17(12-29-34(21)19-6-4-18(25)5-7-19)11-20(16)22-14-33(9-8-32(22)15-24(2,26)27)37(35,36)23-13-28-31(3)30-23/h4-7,10-13,22H,8-9,14-15H2,1-3H3. The Kier molecular flexibility index (Phi) is 6.32. The maximum absolute atomic E-state index is 14.1. The van der Waals surface area contributed by atoms with Gasteiger partial charge in [-0.2, -0.15) is 19.3 Å². The number of halogens is 3. The van der Waals surface area contributed by atoms with Gasteiger partial charge < -0.3 is 0 Å². The topological polar surface area (TPSA) is 89.2 Å². The number of nitrogens with zero attached hydrogens (tertiary/aromatic N) is 7. The van der Waals surface area contributed by atoms with Gasteiger partial charge in [0.25, 0.3) is 15.9 Å². The molecule has 5 rings (SSSR count). The summed E-state index contributed by atoms with van der Waals surface area (Å²) in [5.41, 5.74) is 2.97. The maximum atomic E-state index is 14.1. The highest BCUT2D eigenvalue weighted by molar-refractivity contribution is 7.89. The number of piperazine rings is 1. The van der Waals surface area contributed by atoms with Crippen molar-refractivity contribution >= 4 is 20.9 Å². The lowest BCUT2D eigenvalue weighted by atomic mass is 9.96. The minimum atomic E-state index is -3.96. The molecule has 3 heterocycles. The SMILES string of the molecule is Cc1cc2c(cnn2-c2ccc(F)cc2)cc1C1CN(S(=O)(=O)c2cnn(C)n2)CCN1CC(C)(F)F. The molecule has 13 heteroatoms. The van der Waals surface area contributed by atoms with Crippen LogP contribution in [-0.4, -0.2) is 74.5 Å². The second-order valence-corrected chi connectivity index (χ2v) is 11.3. The van der Waals surface area contributed by atoms with Gasteiger partial charge in [-0.3, -0.25) is 4.90 Å². The van der Waals surface area contributed by atoms with Gasteiger partial charge in [0, 0.05) is 45.0 Å². The number of hydrogen-bond donors (Lipinski definition) is 0. The zero-order valence-electron chi connectivity index (χ0n) is 20.5. The van der Waals surface area contributed by atoms with E-state index >= 15 is 0 Å². The van der Waals surface area contributed by atoms with Crippen LogP contribution in [0.3, 0.4) is 0 Å². The summed E-state index contributed by atoms with van der Waals surface area (Å²) >= 11 is 0. The smallest absolute Gasteiger partial charge is 0.264 e. The first-order chi connectivity index (χ1) is 17.4. The Bertz CT molecular complexity index is 1540. The molecule has 0 spiro atoms. The van der Waals surface area contributed by atoms with Gasteiger partial charge in [-0.15, -0.1) is 5.10 Å². The molecule has 196 valence electrons. The number of fused-ring (bicyclic) bond motifs is 1. The second kappa shape index (κ2) is 9.23. The summed E-state index contributed by atoms with van der Waals surface area (Å²) in [5, 5.41) is 12.8. The molecule has 0 N–H and O–H groups in total. The van der Waals surface area contributed by atoms with Crippen molar-refractivity contribution in [3.63, 3.8) is 0 Å². The molecule has 1 saturated heterocycles. The predicted molar refractivity (Wildman–Crippen MR) is 130 cm³/mol. The van der Waals surface area contributed by atoms with Gasteiger partial charge in [-0.25, -0.2) is 26.3 Å². The molecule has 1 atom stereocenters. The van der Waals surface area contributed by atoms with Crippen LogP contribution in [0, 0.1) is 12.7 Å². The van der Waals surface area contributed by atoms with Gasteiger partial charge in [0.05, 0.1) is 30.1 Å². The fraction of sp³-hybridized carbons (Fsp3) is 0.375. The highest BCUT2D eigenvalue weighted by atomic mass is 32.2. The molecule has 1 fully saturated rings. The van der Waals surface area contributed by atoms with Crippen molar-refractivity contribution in [2.24, 2.45) is 7.05 Å². The average Bonchev–Trinajstić information content (AvgIpc) is 3.45. The molecule has 9 nitrogen and oxygen atoms in total. The van der Waals surface area contributed by atoms with Crippen molar-refractivity contribution < 1.29 is 21.6 Å². The van der Waals surface area contributed by atoms with E-state index in [1.165, 1.54) is 29.7 Å². The number of rotatable bonds is 6. The Hall–Kier alpha value is -3.29. The lowest BCUT2D eigenvalue weighted by molar-refractivity contribution is -0.0373. The van der Waals surface area contributed by atoms with Crippen LogP contribution < -0.4 is 0 Å². The van der Waals surface area contributed by atoms with Crippen molar-refractivity contribution in [3.8, 4) is 5.69 Å². The van der Waals surface area contributed by atoms with Crippen molar-refractivity contribution in [1.29, 1.82) is 0 Å². The monoisotopic (exact) mass is 533 g/mol. The first-order valence-corrected chi connectivity index (χ1v) is 13.1. The van der Waals surface area contributed by atoms with Crippen LogP contribution in [0.5, 0.6) is 0 Å². The maximum Gasteiger partial charge on any atom is 0.264 e. The molecule has 0 amide bonds. The molecule has 0 aliphatic carbocycles. The summed E-state index contributed by atoms with van der Waals surface area (Å²) in [5.74, 6) is -3.32. The number of aromatic nitrogens is 5. The zero-order valence-corrected chi connectivity index (χ0v) is 21.3. The summed E-state index contributed by atoms with van der Waals surface area (Å²) in [6.45, 7) is 2.36. The molecular weight excluding hydrogens is 507 g/mol. The minimum Gasteiger partial charge on any atom is -0.288 e. The third-order valence-electron chi connectivity index (χ3n) is 6.50. The van der Waals surface area contributed by atoms with Crippen LogP contribution in [0.2, 0.25) is 0 Å². The van der Waals surface area contributed by atoms with Gasteiger partial charge in [0.15, 0.2) is 0 Å².